The topological polar surface area (TPSA) is 48.5 Å². The number of fused-ring (bicyclic) bond motifs is 1. The van der Waals surface area contributed by atoms with E-state index in [9.17, 15) is 0 Å². The third kappa shape index (κ3) is 2.62. The molecule has 5 heteroatoms. The van der Waals surface area contributed by atoms with E-state index in [1.54, 1.807) is 6.20 Å². The van der Waals surface area contributed by atoms with Crippen LogP contribution < -0.4 is 0 Å². The highest BCUT2D eigenvalue weighted by Gasteiger charge is 2.28. The molecule has 0 fully saturated rings. The van der Waals surface area contributed by atoms with Crippen LogP contribution in [0.3, 0.4) is 0 Å². The fourth-order valence-electron chi connectivity index (χ4n) is 3.07. The van der Waals surface area contributed by atoms with E-state index in [2.05, 4.69) is 40.5 Å². The lowest BCUT2D eigenvalue weighted by Gasteiger charge is -2.29. The number of hydrogen-bond acceptors (Lipinski definition) is 3. The average Bonchev–Trinajstić information content (AvgIpc) is 2.95. The van der Waals surface area contributed by atoms with Gasteiger partial charge >= 0.3 is 0 Å². The molecule has 0 spiro atoms. The quantitative estimate of drug-likeness (QED) is 0.844. The van der Waals surface area contributed by atoms with E-state index in [0.29, 0.717) is 5.41 Å². The smallest absolute Gasteiger partial charge is 0.153 e. The van der Waals surface area contributed by atoms with Gasteiger partial charge in [-0.05, 0) is 24.2 Å². The zero-order valence-corrected chi connectivity index (χ0v) is 12.6. The zero-order chi connectivity index (χ0) is 14.2. The number of nitrogens with zero attached hydrogens (tertiary/aromatic N) is 5. The Morgan fingerprint density at radius 1 is 1.25 bits per heavy atom. The standard InChI is InChI=1S/C15H23N5/c1-15(2,3)12-4-5-13-17-18-14(20(13)8-6-12)10-19-9-7-16-11-19/h7,9,11-12H,4-6,8,10H2,1-3H3. The van der Waals surface area contributed by atoms with E-state index in [0.717, 1.165) is 37.1 Å². The molecule has 1 aliphatic heterocycles. The molecule has 0 aliphatic carbocycles. The van der Waals surface area contributed by atoms with Gasteiger partial charge in [0.05, 0.1) is 12.9 Å². The molecule has 108 valence electrons. The fraction of sp³-hybridized carbons (Fsp3) is 0.667. The van der Waals surface area contributed by atoms with Crippen molar-refractivity contribution in [3.63, 3.8) is 0 Å². The summed E-state index contributed by atoms with van der Waals surface area (Å²) in [6, 6.07) is 0. The number of hydrogen-bond donors (Lipinski definition) is 0. The first kappa shape index (κ1) is 13.3. The Labute approximate surface area is 120 Å². The van der Waals surface area contributed by atoms with Crippen LogP contribution in [-0.2, 0) is 19.5 Å². The number of imidazole rings is 1. The first-order chi connectivity index (χ1) is 9.54. The van der Waals surface area contributed by atoms with Crippen LogP contribution in [-0.4, -0.2) is 24.3 Å². The second-order valence-corrected chi connectivity index (χ2v) is 6.81. The Morgan fingerprint density at radius 3 is 2.80 bits per heavy atom. The van der Waals surface area contributed by atoms with Crippen LogP contribution in [0.15, 0.2) is 18.7 Å². The Hall–Kier alpha value is -1.65. The van der Waals surface area contributed by atoms with Crippen molar-refractivity contribution in [2.45, 2.75) is 53.1 Å². The maximum absolute atomic E-state index is 4.39. The Kier molecular flexibility index (Phi) is 3.36. The Bertz CT molecular complexity index is 562. The molecule has 2 aromatic rings. The summed E-state index contributed by atoms with van der Waals surface area (Å²) in [6.07, 6.45) is 9.07. The minimum Gasteiger partial charge on any atom is -0.330 e. The molecule has 2 aromatic heterocycles. The minimum absolute atomic E-state index is 0.377. The highest BCUT2D eigenvalue weighted by molar-refractivity contribution is 5.00. The maximum Gasteiger partial charge on any atom is 0.153 e. The predicted molar refractivity (Wildman–Crippen MR) is 77.2 cm³/mol. The molecule has 1 atom stereocenters. The van der Waals surface area contributed by atoms with Gasteiger partial charge in [0, 0.05) is 25.4 Å². The van der Waals surface area contributed by atoms with Crippen molar-refractivity contribution in [3.8, 4) is 0 Å². The summed E-state index contributed by atoms with van der Waals surface area (Å²) in [6.45, 7) is 8.82. The molecular weight excluding hydrogens is 250 g/mol. The Morgan fingerprint density at radius 2 is 2.10 bits per heavy atom. The van der Waals surface area contributed by atoms with E-state index in [1.807, 2.05) is 17.1 Å². The van der Waals surface area contributed by atoms with Gasteiger partial charge < -0.3 is 9.13 Å². The van der Waals surface area contributed by atoms with Gasteiger partial charge in [-0.1, -0.05) is 20.8 Å². The average molecular weight is 273 g/mol. The van der Waals surface area contributed by atoms with Gasteiger partial charge in [0.25, 0.3) is 0 Å². The molecule has 20 heavy (non-hydrogen) atoms. The van der Waals surface area contributed by atoms with E-state index in [4.69, 9.17) is 0 Å². The zero-order valence-electron chi connectivity index (χ0n) is 12.6. The third-order valence-corrected chi connectivity index (χ3v) is 4.43. The van der Waals surface area contributed by atoms with Crippen LogP contribution >= 0.6 is 0 Å². The largest absolute Gasteiger partial charge is 0.330 e. The molecule has 1 unspecified atom stereocenters. The summed E-state index contributed by atoms with van der Waals surface area (Å²) in [5.74, 6) is 2.95. The van der Waals surface area contributed by atoms with Crippen molar-refractivity contribution in [1.29, 1.82) is 0 Å². The van der Waals surface area contributed by atoms with Crippen molar-refractivity contribution in [2.24, 2.45) is 11.3 Å². The summed E-state index contributed by atoms with van der Waals surface area (Å²) in [7, 11) is 0. The monoisotopic (exact) mass is 273 g/mol. The van der Waals surface area contributed by atoms with Gasteiger partial charge in [-0.15, -0.1) is 10.2 Å². The van der Waals surface area contributed by atoms with Gasteiger partial charge in [0.15, 0.2) is 5.82 Å². The van der Waals surface area contributed by atoms with Gasteiger partial charge in [-0.2, -0.15) is 0 Å². The van der Waals surface area contributed by atoms with Gasteiger partial charge in [-0.25, -0.2) is 4.98 Å². The molecule has 0 saturated heterocycles. The molecular formula is C15H23N5. The van der Waals surface area contributed by atoms with E-state index in [-0.39, 0.29) is 0 Å². The number of aromatic nitrogens is 5. The molecule has 5 nitrogen and oxygen atoms in total. The molecule has 3 heterocycles. The highest BCUT2D eigenvalue weighted by atomic mass is 15.3. The first-order valence-electron chi connectivity index (χ1n) is 7.41. The molecule has 0 aromatic carbocycles. The van der Waals surface area contributed by atoms with Crippen molar-refractivity contribution >= 4 is 0 Å². The highest BCUT2D eigenvalue weighted by Crippen LogP contribution is 2.34. The molecule has 0 amide bonds. The van der Waals surface area contributed by atoms with Crippen LogP contribution in [0.1, 0.15) is 45.3 Å². The molecule has 0 N–H and O–H groups in total. The van der Waals surface area contributed by atoms with Crippen molar-refractivity contribution < 1.29 is 0 Å². The van der Waals surface area contributed by atoms with Gasteiger partial charge in [0.2, 0.25) is 0 Å². The van der Waals surface area contributed by atoms with E-state index < -0.39 is 0 Å². The maximum atomic E-state index is 4.39. The lowest BCUT2D eigenvalue weighted by atomic mass is 9.76. The van der Waals surface area contributed by atoms with Gasteiger partial charge in [0.1, 0.15) is 5.82 Å². The lowest BCUT2D eigenvalue weighted by molar-refractivity contribution is 0.211. The molecule has 3 rings (SSSR count). The van der Waals surface area contributed by atoms with Crippen molar-refractivity contribution in [2.75, 3.05) is 0 Å². The molecule has 0 saturated carbocycles. The summed E-state index contributed by atoms with van der Waals surface area (Å²) >= 11 is 0. The first-order valence-corrected chi connectivity index (χ1v) is 7.41. The third-order valence-electron chi connectivity index (χ3n) is 4.43. The second-order valence-electron chi connectivity index (χ2n) is 6.81. The van der Waals surface area contributed by atoms with E-state index in [1.165, 1.54) is 12.8 Å². The molecule has 0 radical (unpaired) electrons. The SMILES string of the molecule is CC(C)(C)C1CCc2nnc(Cn3ccnc3)n2CC1. The second kappa shape index (κ2) is 5.04. The van der Waals surface area contributed by atoms with Crippen LogP contribution in [0.5, 0.6) is 0 Å². The van der Waals surface area contributed by atoms with Crippen molar-refractivity contribution in [3.05, 3.63) is 30.4 Å². The normalized spacial score (nSPS) is 19.6. The molecule has 1 aliphatic rings. The molecule has 0 bridgehead atoms. The predicted octanol–water partition coefficient (Wildman–Crippen LogP) is 2.52. The van der Waals surface area contributed by atoms with Crippen LogP contribution in [0.25, 0.3) is 0 Å². The lowest BCUT2D eigenvalue weighted by Crippen LogP contribution is -2.21. The van der Waals surface area contributed by atoms with Crippen LogP contribution in [0.4, 0.5) is 0 Å². The summed E-state index contributed by atoms with van der Waals surface area (Å²) in [4.78, 5) is 4.08. The fourth-order valence-corrected chi connectivity index (χ4v) is 3.07. The van der Waals surface area contributed by atoms with Crippen LogP contribution in [0.2, 0.25) is 0 Å². The summed E-state index contributed by atoms with van der Waals surface area (Å²) in [5.41, 5.74) is 0.377. The summed E-state index contributed by atoms with van der Waals surface area (Å²) in [5, 5.41) is 8.76. The van der Waals surface area contributed by atoms with Crippen molar-refractivity contribution in [1.82, 2.24) is 24.3 Å². The minimum atomic E-state index is 0.377. The van der Waals surface area contributed by atoms with E-state index >= 15 is 0 Å². The van der Waals surface area contributed by atoms with Crippen LogP contribution in [0, 0.1) is 11.3 Å². The Balaban J connectivity index is 1.78. The number of aryl methyl sites for hydroxylation is 1. The summed E-state index contributed by atoms with van der Waals surface area (Å²) < 4.78 is 4.36. The number of rotatable bonds is 2. The van der Waals surface area contributed by atoms with Gasteiger partial charge in [-0.3, -0.25) is 0 Å².